The van der Waals surface area contributed by atoms with Crippen LogP contribution >= 0.6 is 23.4 Å². The third-order valence-electron chi connectivity index (χ3n) is 5.70. The van der Waals surface area contributed by atoms with Gasteiger partial charge in [-0.25, -0.2) is 4.39 Å². The number of ether oxygens (including phenoxy) is 1. The largest absolute Gasteiger partial charge is 0.494 e. The normalized spacial score (nSPS) is 11.0. The Labute approximate surface area is 252 Å². The lowest BCUT2D eigenvalue weighted by atomic mass is 10.1. The lowest BCUT2D eigenvalue weighted by Gasteiger charge is -2.12. The molecule has 0 atom stereocenters. The minimum absolute atomic E-state index is 0.0448. The molecule has 0 aliphatic rings. The molecular weight excluding hydrogens is 577 g/mol. The second-order valence-corrected chi connectivity index (χ2v) is 10.3. The highest BCUT2D eigenvalue weighted by molar-refractivity contribution is 8.00. The molecule has 0 saturated carbocycles. The van der Waals surface area contributed by atoms with Crippen LogP contribution in [0.1, 0.15) is 22.8 Å². The lowest BCUT2D eigenvalue weighted by molar-refractivity contribution is -0.114. The molecule has 4 aromatic rings. The molecule has 3 amide bonds. The molecule has 0 aliphatic carbocycles. The quantitative estimate of drug-likeness (QED) is 0.126. The predicted molar refractivity (Wildman–Crippen MR) is 165 cm³/mol. The number of hydrogen-bond donors (Lipinski definition) is 3. The molecule has 0 radical (unpaired) electrons. The zero-order valence-electron chi connectivity index (χ0n) is 22.5. The minimum Gasteiger partial charge on any atom is -0.494 e. The van der Waals surface area contributed by atoms with Crippen LogP contribution in [0.5, 0.6) is 5.75 Å². The molecule has 0 spiro atoms. The van der Waals surface area contributed by atoms with Crippen LogP contribution in [0.25, 0.3) is 6.08 Å². The summed E-state index contributed by atoms with van der Waals surface area (Å²) < 4.78 is 18.8. The molecule has 214 valence electrons. The summed E-state index contributed by atoms with van der Waals surface area (Å²) in [6.07, 6.45) is 1.58. The number of nitrogens with one attached hydrogen (secondary N) is 3. The number of rotatable bonds is 11. The first-order valence-electron chi connectivity index (χ1n) is 12.9. The molecule has 0 aromatic heterocycles. The van der Waals surface area contributed by atoms with Gasteiger partial charge in [-0.1, -0.05) is 48.0 Å². The van der Waals surface area contributed by atoms with Crippen LogP contribution in [0.3, 0.4) is 0 Å². The van der Waals surface area contributed by atoms with Crippen molar-refractivity contribution in [3.8, 4) is 5.75 Å². The van der Waals surface area contributed by atoms with Crippen molar-refractivity contribution in [2.24, 2.45) is 0 Å². The van der Waals surface area contributed by atoms with E-state index in [4.69, 9.17) is 16.3 Å². The second-order valence-electron chi connectivity index (χ2n) is 8.83. The monoisotopic (exact) mass is 603 g/mol. The fourth-order valence-electron chi connectivity index (χ4n) is 3.72. The fourth-order valence-corrected chi connectivity index (χ4v) is 4.65. The van der Waals surface area contributed by atoms with Crippen molar-refractivity contribution in [3.63, 3.8) is 0 Å². The minimum atomic E-state index is -0.569. The van der Waals surface area contributed by atoms with E-state index in [1.165, 1.54) is 30.0 Å². The highest BCUT2D eigenvalue weighted by atomic mass is 35.5. The summed E-state index contributed by atoms with van der Waals surface area (Å²) in [4.78, 5) is 39.4. The highest BCUT2D eigenvalue weighted by Gasteiger charge is 2.16. The summed E-state index contributed by atoms with van der Waals surface area (Å²) in [5.74, 6) is -1.07. The van der Waals surface area contributed by atoms with Gasteiger partial charge in [-0.05, 0) is 79.2 Å². The predicted octanol–water partition coefficient (Wildman–Crippen LogP) is 7.02. The van der Waals surface area contributed by atoms with Crippen molar-refractivity contribution in [1.82, 2.24) is 5.32 Å². The smallest absolute Gasteiger partial charge is 0.272 e. The molecule has 0 aliphatic heterocycles. The van der Waals surface area contributed by atoms with Crippen LogP contribution in [-0.2, 0) is 9.59 Å². The van der Waals surface area contributed by atoms with Crippen molar-refractivity contribution in [2.75, 3.05) is 23.0 Å². The molecule has 3 N–H and O–H groups in total. The number of anilines is 2. The Morgan fingerprint density at radius 3 is 2.33 bits per heavy atom. The zero-order chi connectivity index (χ0) is 29.9. The van der Waals surface area contributed by atoms with Crippen molar-refractivity contribution in [1.29, 1.82) is 0 Å². The summed E-state index contributed by atoms with van der Waals surface area (Å²) in [5.41, 5.74) is 2.00. The van der Waals surface area contributed by atoms with Gasteiger partial charge in [-0.3, -0.25) is 14.4 Å². The van der Waals surface area contributed by atoms with Crippen LogP contribution < -0.4 is 20.7 Å². The van der Waals surface area contributed by atoms with Gasteiger partial charge in [0.1, 0.15) is 17.3 Å². The average Bonchev–Trinajstić information content (AvgIpc) is 2.99. The Kier molecular flexibility index (Phi) is 10.7. The number of thioether (sulfide) groups is 1. The molecular formula is C32H27ClFN3O4S. The van der Waals surface area contributed by atoms with Gasteiger partial charge in [-0.2, -0.15) is 0 Å². The Morgan fingerprint density at radius 1 is 0.881 bits per heavy atom. The van der Waals surface area contributed by atoms with Gasteiger partial charge < -0.3 is 20.7 Å². The Balaban J connectivity index is 1.45. The number of carbonyl (C=O) groups excluding carboxylic acids is 3. The van der Waals surface area contributed by atoms with E-state index in [1.54, 1.807) is 84.9 Å². The molecule has 0 fully saturated rings. The molecule has 4 aromatic carbocycles. The van der Waals surface area contributed by atoms with E-state index in [9.17, 15) is 18.8 Å². The average molecular weight is 604 g/mol. The molecule has 42 heavy (non-hydrogen) atoms. The fraction of sp³-hybridized carbons (Fsp3) is 0.0938. The topological polar surface area (TPSA) is 96.5 Å². The van der Waals surface area contributed by atoms with E-state index in [0.29, 0.717) is 34.9 Å². The van der Waals surface area contributed by atoms with Crippen molar-refractivity contribution in [3.05, 3.63) is 125 Å². The Bertz CT molecular complexity index is 1600. The highest BCUT2D eigenvalue weighted by Crippen LogP contribution is 2.24. The van der Waals surface area contributed by atoms with Crippen LogP contribution in [-0.4, -0.2) is 30.1 Å². The maximum absolute atomic E-state index is 13.4. The van der Waals surface area contributed by atoms with Crippen molar-refractivity contribution in [2.45, 2.75) is 11.8 Å². The SMILES string of the molecule is CCOc1ccc(/C=C(/NC(=O)c2ccccc2)C(=O)Nc2cccc(SCC(=O)Nc3ccc(F)c(Cl)c3)c2)cc1. The van der Waals surface area contributed by atoms with Gasteiger partial charge in [0, 0.05) is 21.8 Å². The van der Waals surface area contributed by atoms with Crippen LogP contribution in [0.2, 0.25) is 5.02 Å². The maximum Gasteiger partial charge on any atom is 0.272 e. The standard InChI is InChI=1S/C32H27ClFN3O4S/c1-2-41-25-14-11-21(12-15-25)17-29(37-31(39)22-7-4-3-5-8-22)32(40)36-23-9-6-10-26(18-23)42-20-30(38)35-24-13-16-28(34)27(33)19-24/h3-19H,2,20H2,1H3,(H,35,38)(H,36,40)(H,37,39)/b29-17+. The van der Waals surface area contributed by atoms with E-state index in [-0.39, 0.29) is 22.4 Å². The van der Waals surface area contributed by atoms with E-state index >= 15 is 0 Å². The number of halogens is 2. The van der Waals surface area contributed by atoms with Crippen LogP contribution in [0.4, 0.5) is 15.8 Å². The molecule has 0 saturated heterocycles. The van der Waals surface area contributed by atoms with Crippen LogP contribution in [0.15, 0.2) is 108 Å². The van der Waals surface area contributed by atoms with Crippen LogP contribution in [0, 0.1) is 5.82 Å². The second kappa shape index (κ2) is 14.9. The summed E-state index contributed by atoms with van der Waals surface area (Å²) >= 11 is 7.03. The summed E-state index contributed by atoms with van der Waals surface area (Å²) in [7, 11) is 0. The van der Waals surface area contributed by atoms with E-state index in [1.807, 2.05) is 6.92 Å². The lowest BCUT2D eigenvalue weighted by Crippen LogP contribution is -2.30. The zero-order valence-corrected chi connectivity index (χ0v) is 24.1. The van der Waals surface area contributed by atoms with Gasteiger partial charge in [0.2, 0.25) is 5.91 Å². The van der Waals surface area contributed by atoms with Gasteiger partial charge in [-0.15, -0.1) is 11.8 Å². The first-order valence-corrected chi connectivity index (χ1v) is 14.3. The van der Waals surface area contributed by atoms with Gasteiger partial charge in [0.25, 0.3) is 11.8 Å². The van der Waals surface area contributed by atoms with E-state index < -0.39 is 17.6 Å². The van der Waals surface area contributed by atoms with Gasteiger partial charge in [0.15, 0.2) is 0 Å². The molecule has 7 nitrogen and oxygen atoms in total. The number of hydrogen-bond acceptors (Lipinski definition) is 5. The number of carbonyl (C=O) groups is 3. The number of amides is 3. The molecule has 4 rings (SSSR count). The summed E-state index contributed by atoms with van der Waals surface area (Å²) in [5, 5.41) is 8.12. The summed E-state index contributed by atoms with van der Waals surface area (Å²) in [6, 6.07) is 26.6. The molecule has 0 unspecified atom stereocenters. The van der Waals surface area contributed by atoms with E-state index in [2.05, 4.69) is 16.0 Å². The number of benzene rings is 4. The Morgan fingerprint density at radius 2 is 1.62 bits per heavy atom. The van der Waals surface area contributed by atoms with Crippen molar-refractivity contribution >= 4 is 58.5 Å². The Hall–Kier alpha value is -4.60. The first-order chi connectivity index (χ1) is 20.3. The maximum atomic E-state index is 13.4. The third-order valence-corrected chi connectivity index (χ3v) is 6.98. The van der Waals surface area contributed by atoms with Crippen molar-refractivity contribution < 1.29 is 23.5 Å². The summed E-state index contributed by atoms with van der Waals surface area (Å²) in [6.45, 7) is 2.42. The molecule has 10 heteroatoms. The van der Waals surface area contributed by atoms with Gasteiger partial charge in [0.05, 0.1) is 17.4 Å². The molecule has 0 heterocycles. The first kappa shape index (κ1) is 30.4. The van der Waals surface area contributed by atoms with Gasteiger partial charge >= 0.3 is 0 Å². The third kappa shape index (κ3) is 8.95. The molecule has 0 bridgehead atoms. The van der Waals surface area contributed by atoms with E-state index in [0.717, 1.165) is 4.90 Å².